The SMILES string of the molecule is COC(COC1C(O)[C@@H](n2cc(I)c(=O)[nH]c2=O)O[C@H]1CO)(C(=O)c1ccccc1)C(=O)c1ccccc1. The number of halogens is 1. The van der Waals surface area contributed by atoms with Gasteiger partial charge in [0, 0.05) is 24.4 Å². The molecule has 1 fully saturated rings. The Morgan fingerprint density at radius 2 is 1.61 bits per heavy atom. The number of aliphatic hydroxyl groups excluding tert-OH is 2. The molecule has 0 aliphatic carbocycles. The topological polar surface area (TPSA) is 157 Å². The molecule has 1 aliphatic rings. The predicted octanol–water partition coefficient (Wildman–Crippen LogP) is 0.928. The average Bonchev–Trinajstić information content (AvgIpc) is 3.26. The first-order valence-corrected chi connectivity index (χ1v) is 12.6. The summed E-state index contributed by atoms with van der Waals surface area (Å²) in [6, 6.07) is 16.2. The predicted molar refractivity (Wildman–Crippen MR) is 142 cm³/mol. The number of aromatic nitrogens is 2. The molecule has 0 radical (unpaired) electrons. The van der Waals surface area contributed by atoms with Gasteiger partial charge in [-0.25, -0.2) is 4.79 Å². The highest BCUT2D eigenvalue weighted by Gasteiger charge is 2.51. The summed E-state index contributed by atoms with van der Waals surface area (Å²) in [4.78, 5) is 53.7. The lowest BCUT2D eigenvalue weighted by Gasteiger charge is -2.32. The number of nitrogens with one attached hydrogen (secondary N) is 1. The van der Waals surface area contributed by atoms with Crippen LogP contribution in [0.1, 0.15) is 26.9 Å². The zero-order valence-corrected chi connectivity index (χ0v) is 22.3. The number of H-pyrrole nitrogens is 1. The fraction of sp³-hybridized carbons (Fsp3) is 0.308. The number of aromatic amines is 1. The summed E-state index contributed by atoms with van der Waals surface area (Å²) in [5.41, 5.74) is -3.16. The lowest BCUT2D eigenvalue weighted by molar-refractivity contribution is -0.0974. The molecule has 1 aromatic heterocycles. The molecule has 1 saturated heterocycles. The summed E-state index contributed by atoms with van der Waals surface area (Å²) in [6.07, 6.45) is -4.01. The third-order valence-corrected chi connectivity index (χ3v) is 7.09. The average molecular weight is 636 g/mol. The quantitative estimate of drug-likeness (QED) is 0.167. The molecule has 2 unspecified atom stereocenters. The monoisotopic (exact) mass is 636 g/mol. The highest BCUT2D eigenvalue weighted by atomic mass is 127. The number of aliphatic hydroxyl groups is 2. The number of nitrogens with zero attached hydrogens (tertiary/aromatic N) is 1. The van der Waals surface area contributed by atoms with E-state index in [1.807, 2.05) is 0 Å². The molecule has 11 nitrogen and oxygen atoms in total. The maximum Gasteiger partial charge on any atom is 0.330 e. The summed E-state index contributed by atoms with van der Waals surface area (Å²) >= 11 is 1.72. The number of hydrogen-bond donors (Lipinski definition) is 3. The number of rotatable bonds is 10. The standard InChI is InChI=1S/C26H25IN2O9/c1-36-26(21(32)15-8-4-2-5-9-15,22(33)16-10-6-3-7-11-16)14-37-20-18(13-30)38-24(19(20)31)29-12-17(27)23(34)28-25(29)35/h2-12,18-20,24,30-31H,13-14H2,1H3,(H,28,34,35)/t18-,19?,20?,24-/m0/s1. The van der Waals surface area contributed by atoms with E-state index in [2.05, 4.69) is 4.98 Å². The lowest BCUT2D eigenvalue weighted by Crippen LogP contribution is -2.54. The Balaban J connectivity index is 1.68. The molecule has 200 valence electrons. The van der Waals surface area contributed by atoms with E-state index in [9.17, 15) is 29.4 Å². The zero-order valence-electron chi connectivity index (χ0n) is 20.2. The van der Waals surface area contributed by atoms with Crippen molar-refractivity contribution in [2.45, 2.75) is 30.1 Å². The molecule has 4 atom stereocenters. The van der Waals surface area contributed by atoms with Gasteiger partial charge in [-0.2, -0.15) is 0 Å². The number of hydrogen-bond acceptors (Lipinski definition) is 9. The summed E-state index contributed by atoms with van der Waals surface area (Å²) in [7, 11) is 1.21. The molecule has 0 amide bonds. The molecule has 12 heteroatoms. The first kappa shape index (κ1) is 28.0. The first-order chi connectivity index (χ1) is 18.2. The second kappa shape index (κ2) is 11.8. The van der Waals surface area contributed by atoms with Crippen molar-refractivity contribution in [3.63, 3.8) is 0 Å². The van der Waals surface area contributed by atoms with Crippen LogP contribution in [-0.4, -0.2) is 75.6 Å². The van der Waals surface area contributed by atoms with Crippen LogP contribution in [0.5, 0.6) is 0 Å². The van der Waals surface area contributed by atoms with Crippen molar-refractivity contribution in [1.82, 2.24) is 9.55 Å². The molecule has 1 aliphatic heterocycles. The van der Waals surface area contributed by atoms with E-state index in [1.165, 1.54) is 13.3 Å². The van der Waals surface area contributed by atoms with Crippen LogP contribution in [0.15, 0.2) is 76.4 Å². The van der Waals surface area contributed by atoms with Gasteiger partial charge in [-0.05, 0) is 22.6 Å². The number of Topliss-reactive ketones (excluding diaryl/α,β-unsaturated/α-hetero) is 2. The minimum absolute atomic E-state index is 0.170. The Bertz CT molecular complexity index is 1360. The van der Waals surface area contributed by atoms with Gasteiger partial charge in [-0.15, -0.1) is 0 Å². The molecule has 2 heterocycles. The zero-order chi connectivity index (χ0) is 27.4. The molecule has 0 bridgehead atoms. The van der Waals surface area contributed by atoms with E-state index in [0.717, 1.165) is 4.57 Å². The number of methoxy groups -OCH3 is 1. The van der Waals surface area contributed by atoms with E-state index in [4.69, 9.17) is 14.2 Å². The van der Waals surface area contributed by atoms with Crippen molar-refractivity contribution in [2.24, 2.45) is 0 Å². The van der Waals surface area contributed by atoms with E-state index < -0.39 is 66.2 Å². The van der Waals surface area contributed by atoms with Crippen LogP contribution in [0, 0.1) is 3.57 Å². The first-order valence-electron chi connectivity index (χ1n) is 11.5. The summed E-state index contributed by atoms with van der Waals surface area (Å²) in [5, 5.41) is 21.0. The number of ketones is 2. The minimum atomic E-state index is -2.13. The van der Waals surface area contributed by atoms with Crippen LogP contribution in [0.2, 0.25) is 0 Å². The third-order valence-electron chi connectivity index (χ3n) is 6.32. The lowest BCUT2D eigenvalue weighted by atomic mass is 9.85. The van der Waals surface area contributed by atoms with Gasteiger partial charge in [0.05, 0.1) is 16.8 Å². The molecule has 4 rings (SSSR count). The molecular weight excluding hydrogens is 611 g/mol. The smallest absolute Gasteiger partial charge is 0.330 e. The van der Waals surface area contributed by atoms with Crippen molar-refractivity contribution >= 4 is 34.2 Å². The fourth-order valence-electron chi connectivity index (χ4n) is 4.29. The summed E-state index contributed by atoms with van der Waals surface area (Å²) in [6.45, 7) is -1.23. The molecule has 2 aromatic carbocycles. The summed E-state index contributed by atoms with van der Waals surface area (Å²) in [5.74, 6) is -1.32. The number of carbonyl (C=O) groups excluding carboxylic acids is 2. The third kappa shape index (κ3) is 5.28. The Labute approximate surface area is 230 Å². The van der Waals surface area contributed by atoms with Crippen LogP contribution in [0.3, 0.4) is 0 Å². The second-order valence-corrected chi connectivity index (χ2v) is 9.74. The van der Waals surface area contributed by atoms with Gasteiger partial charge >= 0.3 is 5.69 Å². The van der Waals surface area contributed by atoms with E-state index >= 15 is 0 Å². The van der Waals surface area contributed by atoms with E-state index in [1.54, 1.807) is 83.3 Å². The van der Waals surface area contributed by atoms with Crippen LogP contribution in [0.4, 0.5) is 0 Å². The van der Waals surface area contributed by atoms with Crippen LogP contribution in [-0.2, 0) is 14.2 Å². The summed E-state index contributed by atoms with van der Waals surface area (Å²) < 4.78 is 18.3. The number of benzene rings is 2. The van der Waals surface area contributed by atoms with Crippen LogP contribution >= 0.6 is 22.6 Å². The Hall–Kier alpha value is -3.01. The molecule has 3 aromatic rings. The second-order valence-electron chi connectivity index (χ2n) is 8.58. The van der Waals surface area contributed by atoms with E-state index in [0.29, 0.717) is 0 Å². The molecule has 38 heavy (non-hydrogen) atoms. The van der Waals surface area contributed by atoms with Gasteiger partial charge < -0.3 is 24.4 Å². The highest BCUT2D eigenvalue weighted by Crippen LogP contribution is 2.32. The molecule has 0 saturated carbocycles. The van der Waals surface area contributed by atoms with Crippen LogP contribution in [0.25, 0.3) is 0 Å². The molecule has 3 N–H and O–H groups in total. The van der Waals surface area contributed by atoms with Gasteiger partial charge in [0.25, 0.3) is 5.56 Å². The largest absolute Gasteiger partial charge is 0.394 e. The molecular formula is C26H25IN2O9. The van der Waals surface area contributed by atoms with Gasteiger partial charge in [-0.1, -0.05) is 60.7 Å². The van der Waals surface area contributed by atoms with Gasteiger partial charge in [0.1, 0.15) is 18.3 Å². The number of carbonyl (C=O) groups is 2. The Kier molecular flexibility index (Phi) is 8.70. The van der Waals surface area contributed by atoms with Crippen molar-refractivity contribution < 1.29 is 34.0 Å². The van der Waals surface area contributed by atoms with Crippen molar-refractivity contribution in [3.05, 3.63) is 102 Å². The Morgan fingerprint density at radius 3 is 2.11 bits per heavy atom. The van der Waals surface area contributed by atoms with Gasteiger partial charge in [0.15, 0.2) is 6.23 Å². The maximum absolute atomic E-state index is 13.7. The maximum atomic E-state index is 13.7. The van der Waals surface area contributed by atoms with Crippen molar-refractivity contribution in [3.8, 4) is 0 Å². The van der Waals surface area contributed by atoms with Gasteiger partial charge in [-0.3, -0.25) is 23.9 Å². The minimum Gasteiger partial charge on any atom is -0.394 e. The molecule has 0 spiro atoms. The fourth-order valence-corrected chi connectivity index (χ4v) is 4.72. The normalized spacial score (nSPS) is 21.4. The van der Waals surface area contributed by atoms with E-state index in [-0.39, 0.29) is 14.7 Å². The van der Waals surface area contributed by atoms with Gasteiger partial charge in [0.2, 0.25) is 17.2 Å². The van der Waals surface area contributed by atoms with Crippen molar-refractivity contribution in [1.29, 1.82) is 0 Å². The van der Waals surface area contributed by atoms with Crippen molar-refractivity contribution in [2.75, 3.05) is 20.3 Å². The van der Waals surface area contributed by atoms with Crippen LogP contribution < -0.4 is 11.2 Å². The highest BCUT2D eigenvalue weighted by molar-refractivity contribution is 14.1. The number of ether oxygens (including phenoxy) is 3. The Morgan fingerprint density at radius 1 is 1.05 bits per heavy atom.